The molecule has 1 saturated heterocycles. The van der Waals surface area contributed by atoms with Gasteiger partial charge in [-0.2, -0.15) is 0 Å². The molecule has 0 saturated carbocycles. The number of piperazine rings is 1. The lowest BCUT2D eigenvalue weighted by molar-refractivity contribution is 0.156. The van der Waals surface area contributed by atoms with E-state index in [1.165, 1.54) is 11.1 Å². The highest BCUT2D eigenvalue weighted by Gasteiger charge is 2.24. The number of fused-ring (bicyclic) bond motifs is 1. The van der Waals surface area contributed by atoms with Crippen molar-refractivity contribution in [1.82, 2.24) is 15.5 Å². The summed E-state index contributed by atoms with van der Waals surface area (Å²) in [4.78, 5) is 2.48. The number of benzene rings is 1. The monoisotopic (exact) mass is 245 g/mol. The summed E-state index contributed by atoms with van der Waals surface area (Å²) in [5.74, 6) is 0.916. The molecule has 0 spiro atoms. The van der Waals surface area contributed by atoms with Crippen molar-refractivity contribution >= 4 is 6.08 Å². The first kappa shape index (κ1) is 11.6. The fraction of sp³-hybridized carbons (Fsp3) is 0.429. The smallest absolute Gasteiger partial charge is 0.119 e. The van der Waals surface area contributed by atoms with Gasteiger partial charge in [0.15, 0.2) is 0 Å². The highest BCUT2D eigenvalue weighted by atomic mass is 16.5. The Bertz CT molecular complexity index is 452. The van der Waals surface area contributed by atoms with E-state index >= 15 is 0 Å². The van der Waals surface area contributed by atoms with E-state index < -0.39 is 0 Å². The third-order valence-electron chi connectivity index (χ3n) is 3.62. The summed E-state index contributed by atoms with van der Waals surface area (Å²) in [6.07, 6.45) is 4.43. The van der Waals surface area contributed by atoms with E-state index in [1.807, 2.05) is 12.3 Å². The number of nitrogens with zero attached hydrogens (tertiary/aromatic N) is 1. The third-order valence-corrected chi connectivity index (χ3v) is 3.62. The van der Waals surface area contributed by atoms with E-state index in [9.17, 15) is 0 Å². The predicted octanol–water partition coefficient (Wildman–Crippen LogP) is 1.17. The van der Waals surface area contributed by atoms with E-state index in [2.05, 4.69) is 33.7 Å². The minimum absolute atomic E-state index is 0.290. The Hall–Kier alpha value is -1.52. The summed E-state index contributed by atoms with van der Waals surface area (Å²) in [5.41, 5.74) is 2.58. The van der Waals surface area contributed by atoms with Crippen LogP contribution in [0.5, 0.6) is 5.75 Å². The van der Waals surface area contributed by atoms with Gasteiger partial charge in [0.05, 0.1) is 7.11 Å². The molecule has 2 heterocycles. The first-order chi connectivity index (χ1) is 8.88. The second-order valence-electron chi connectivity index (χ2n) is 4.68. The largest absolute Gasteiger partial charge is 0.497 e. The molecule has 0 aliphatic carbocycles. The molecule has 96 valence electrons. The summed E-state index contributed by atoms with van der Waals surface area (Å²) >= 11 is 0. The van der Waals surface area contributed by atoms with Crippen molar-refractivity contribution in [1.29, 1.82) is 0 Å². The lowest BCUT2D eigenvalue weighted by Crippen LogP contribution is -2.48. The highest BCUT2D eigenvalue weighted by Crippen LogP contribution is 2.29. The van der Waals surface area contributed by atoms with E-state index in [0.29, 0.717) is 0 Å². The minimum Gasteiger partial charge on any atom is -0.497 e. The van der Waals surface area contributed by atoms with Gasteiger partial charge in [0, 0.05) is 26.2 Å². The Kier molecular flexibility index (Phi) is 3.21. The fourth-order valence-electron chi connectivity index (χ4n) is 2.63. The van der Waals surface area contributed by atoms with Crippen LogP contribution in [0.15, 0.2) is 24.4 Å². The van der Waals surface area contributed by atoms with Crippen molar-refractivity contribution in [2.75, 3.05) is 33.3 Å². The number of nitrogens with one attached hydrogen (secondary N) is 2. The summed E-state index contributed by atoms with van der Waals surface area (Å²) in [7, 11) is 1.71. The summed E-state index contributed by atoms with van der Waals surface area (Å²) in [6.45, 7) is 4.29. The van der Waals surface area contributed by atoms with Crippen LogP contribution in [-0.2, 0) is 0 Å². The van der Waals surface area contributed by atoms with Crippen LogP contribution in [0.1, 0.15) is 17.3 Å². The Morgan fingerprint density at radius 1 is 1.28 bits per heavy atom. The minimum atomic E-state index is 0.290. The molecule has 0 radical (unpaired) electrons. The third kappa shape index (κ3) is 2.09. The van der Waals surface area contributed by atoms with Crippen LogP contribution < -0.4 is 15.4 Å². The van der Waals surface area contributed by atoms with Gasteiger partial charge in [-0.15, -0.1) is 0 Å². The Balaban J connectivity index is 1.89. The molecule has 18 heavy (non-hydrogen) atoms. The lowest BCUT2D eigenvalue weighted by Gasteiger charge is -2.37. The maximum atomic E-state index is 5.28. The van der Waals surface area contributed by atoms with Crippen molar-refractivity contribution in [3.8, 4) is 5.75 Å². The second kappa shape index (κ2) is 5.00. The zero-order valence-electron chi connectivity index (χ0n) is 10.6. The fourth-order valence-corrected chi connectivity index (χ4v) is 2.63. The van der Waals surface area contributed by atoms with E-state index in [0.717, 1.165) is 31.9 Å². The average Bonchev–Trinajstić information content (AvgIpc) is 2.47. The van der Waals surface area contributed by atoms with Gasteiger partial charge in [-0.25, -0.2) is 0 Å². The number of methoxy groups -OCH3 is 1. The molecule has 1 fully saturated rings. The second-order valence-corrected chi connectivity index (χ2v) is 4.68. The molecule has 2 aliphatic heterocycles. The molecule has 1 aromatic rings. The molecule has 1 aromatic carbocycles. The van der Waals surface area contributed by atoms with E-state index in [4.69, 9.17) is 4.74 Å². The number of hydrogen-bond acceptors (Lipinski definition) is 4. The van der Waals surface area contributed by atoms with Gasteiger partial charge in [-0.05, 0) is 35.5 Å². The molecule has 0 amide bonds. The van der Waals surface area contributed by atoms with Gasteiger partial charge in [-0.3, -0.25) is 4.90 Å². The first-order valence-corrected chi connectivity index (χ1v) is 6.44. The van der Waals surface area contributed by atoms with Crippen LogP contribution in [0.4, 0.5) is 0 Å². The van der Waals surface area contributed by atoms with Crippen LogP contribution in [0.3, 0.4) is 0 Å². The Morgan fingerprint density at radius 2 is 2.11 bits per heavy atom. The quantitative estimate of drug-likeness (QED) is 0.820. The maximum Gasteiger partial charge on any atom is 0.119 e. The van der Waals surface area contributed by atoms with Crippen LogP contribution in [-0.4, -0.2) is 38.2 Å². The number of rotatable bonds is 2. The van der Waals surface area contributed by atoms with E-state index in [1.54, 1.807) is 7.11 Å². The van der Waals surface area contributed by atoms with Gasteiger partial charge in [0.2, 0.25) is 0 Å². The predicted molar refractivity (Wildman–Crippen MR) is 72.3 cm³/mol. The van der Waals surface area contributed by atoms with Crippen molar-refractivity contribution in [2.24, 2.45) is 0 Å². The average molecular weight is 245 g/mol. The first-order valence-electron chi connectivity index (χ1n) is 6.44. The molecule has 4 nitrogen and oxygen atoms in total. The van der Waals surface area contributed by atoms with Crippen molar-refractivity contribution in [3.63, 3.8) is 0 Å². The molecular weight excluding hydrogens is 226 g/mol. The molecule has 0 bridgehead atoms. The van der Waals surface area contributed by atoms with Crippen molar-refractivity contribution in [2.45, 2.75) is 6.17 Å². The van der Waals surface area contributed by atoms with Crippen LogP contribution >= 0.6 is 0 Å². The molecule has 0 aromatic heterocycles. The standard InChI is InChI=1S/C14H19N3O/c1-18-12-2-3-13-11(10-12)4-5-16-14(13)17-8-6-15-7-9-17/h2-5,10,14-16H,6-9H2,1H3. The molecule has 1 unspecified atom stereocenters. The number of ether oxygens (including phenoxy) is 1. The zero-order chi connectivity index (χ0) is 12.4. The Labute approximate surface area is 108 Å². The van der Waals surface area contributed by atoms with Gasteiger partial charge >= 0.3 is 0 Å². The zero-order valence-corrected chi connectivity index (χ0v) is 10.6. The molecular formula is C14H19N3O. The molecule has 2 N–H and O–H groups in total. The topological polar surface area (TPSA) is 36.5 Å². The van der Waals surface area contributed by atoms with Crippen molar-refractivity contribution in [3.05, 3.63) is 35.5 Å². The molecule has 2 aliphatic rings. The van der Waals surface area contributed by atoms with Gasteiger partial charge in [-0.1, -0.05) is 6.07 Å². The Morgan fingerprint density at radius 3 is 2.89 bits per heavy atom. The highest BCUT2D eigenvalue weighted by molar-refractivity contribution is 5.59. The lowest BCUT2D eigenvalue weighted by atomic mass is 10.0. The normalized spacial score (nSPS) is 23.3. The van der Waals surface area contributed by atoms with Crippen molar-refractivity contribution < 1.29 is 4.74 Å². The number of hydrogen-bond donors (Lipinski definition) is 2. The maximum absolute atomic E-state index is 5.28. The van der Waals surface area contributed by atoms with E-state index in [-0.39, 0.29) is 6.17 Å². The van der Waals surface area contributed by atoms with Crippen LogP contribution in [0.25, 0.3) is 6.08 Å². The van der Waals surface area contributed by atoms with Gasteiger partial charge in [0.1, 0.15) is 11.9 Å². The summed E-state index contributed by atoms with van der Waals surface area (Å²) in [5, 5.41) is 6.85. The SMILES string of the molecule is COc1ccc2c(c1)C=CNC2N1CCNCC1. The summed E-state index contributed by atoms with van der Waals surface area (Å²) < 4.78 is 5.28. The molecule has 3 rings (SSSR count). The van der Waals surface area contributed by atoms with Crippen LogP contribution in [0.2, 0.25) is 0 Å². The molecule has 4 heteroatoms. The van der Waals surface area contributed by atoms with Crippen LogP contribution in [0, 0.1) is 0 Å². The van der Waals surface area contributed by atoms with Gasteiger partial charge in [0.25, 0.3) is 0 Å². The van der Waals surface area contributed by atoms with Gasteiger partial charge < -0.3 is 15.4 Å². The molecule has 1 atom stereocenters. The summed E-state index contributed by atoms with van der Waals surface area (Å²) in [6, 6.07) is 6.30.